The van der Waals surface area contributed by atoms with Crippen molar-refractivity contribution < 1.29 is 42.6 Å². The molecule has 0 bridgehead atoms. The highest BCUT2D eigenvalue weighted by Crippen LogP contribution is 2.31. The minimum absolute atomic E-state index is 0.00507. The van der Waals surface area contributed by atoms with Crippen molar-refractivity contribution in [2.45, 2.75) is 77.9 Å². The second-order valence-electron chi connectivity index (χ2n) is 22.6. The molecule has 19 heteroatoms. The van der Waals surface area contributed by atoms with E-state index >= 15 is 4.39 Å². The molecule has 18 nitrogen and oxygen atoms in total. The third-order valence-electron chi connectivity index (χ3n) is 15.9. The number of carbonyl (C=O) groups is 5. The van der Waals surface area contributed by atoms with Crippen LogP contribution in [0.1, 0.15) is 102 Å². The van der Waals surface area contributed by atoms with Crippen LogP contribution in [0, 0.1) is 11.7 Å². The molecule has 0 aliphatic carbocycles. The molecule has 4 aromatic carbocycles. The maximum Gasteiger partial charge on any atom is 0.411 e. The van der Waals surface area contributed by atoms with Gasteiger partial charge in [-0.1, -0.05) is 36.4 Å². The van der Waals surface area contributed by atoms with Gasteiger partial charge in [-0.25, -0.2) is 14.3 Å². The second kappa shape index (κ2) is 25.8. The van der Waals surface area contributed by atoms with Crippen LogP contribution in [-0.2, 0) is 27.3 Å². The highest BCUT2D eigenvalue weighted by molar-refractivity contribution is 5.95. The Balaban J connectivity index is 0.699. The van der Waals surface area contributed by atoms with Gasteiger partial charge >= 0.3 is 6.09 Å². The van der Waals surface area contributed by atoms with Crippen LogP contribution in [0.5, 0.6) is 11.5 Å². The van der Waals surface area contributed by atoms with Crippen molar-refractivity contribution in [2.24, 2.45) is 5.92 Å². The summed E-state index contributed by atoms with van der Waals surface area (Å²) in [4.78, 5) is 94.3. The van der Waals surface area contributed by atoms with E-state index in [4.69, 9.17) is 14.2 Å². The normalized spacial score (nSPS) is 17.8. The van der Waals surface area contributed by atoms with Crippen molar-refractivity contribution in [3.8, 4) is 11.5 Å². The van der Waals surface area contributed by atoms with Crippen molar-refractivity contribution in [1.82, 2.24) is 44.5 Å². The molecule has 0 unspecified atom stereocenters. The Labute approximate surface area is 467 Å². The summed E-state index contributed by atoms with van der Waals surface area (Å²) in [5.41, 5.74) is 2.62. The number of aromatic nitrogens is 2. The van der Waals surface area contributed by atoms with Crippen LogP contribution in [0.4, 0.5) is 9.18 Å². The number of H-pyrrole nitrogens is 1. The Morgan fingerprint density at radius 3 is 2.17 bits per heavy atom. The van der Waals surface area contributed by atoms with Crippen molar-refractivity contribution in [2.75, 3.05) is 112 Å². The van der Waals surface area contributed by atoms with Gasteiger partial charge in [-0.2, -0.15) is 5.10 Å². The van der Waals surface area contributed by atoms with Crippen molar-refractivity contribution >= 4 is 40.5 Å². The van der Waals surface area contributed by atoms with Crippen LogP contribution < -0.4 is 15.0 Å². The van der Waals surface area contributed by atoms with E-state index < -0.39 is 23.4 Å². The molecule has 4 saturated heterocycles. The van der Waals surface area contributed by atoms with Gasteiger partial charge in [0.2, 0.25) is 11.8 Å². The van der Waals surface area contributed by atoms with Crippen molar-refractivity contribution in [3.05, 3.63) is 135 Å². The molecular weight excluding hydrogens is 1020 g/mol. The Bertz CT molecular complexity index is 3090. The van der Waals surface area contributed by atoms with Gasteiger partial charge in [0.25, 0.3) is 17.4 Å². The second-order valence-corrected chi connectivity index (χ2v) is 22.6. The molecule has 1 N–H and O–H groups in total. The summed E-state index contributed by atoms with van der Waals surface area (Å²) >= 11 is 0. The Hall–Kier alpha value is -7.38. The lowest BCUT2D eigenvalue weighted by Gasteiger charge is -2.39. The molecule has 426 valence electrons. The number of hydrogen-bond acceptors (Lipinski definition) is 12. The van der Waals surface area contributed by atoms with E-state index in [1.54, 1.807) is 74.1 Å². The van der Waals surface area contributed by atoms with Gasteiger partial charge in [0.15, 0.2) is 0 Å². The number of rotatable bonds is 16. The number of nitrogens with zero attached hydrogens (tertiary/aromatic N) is 8. The minimum atomic E-state index is -0.762. The number of ether oxygens (including phenoxy) is 3. The molecule has 5 amide bonds. The van der Waals surface area contributed by atoms with E-state index in [1.807, 2.05) is 59.2 Å². The largest absolute Gasteiger partial charge is 0.497 e. The highest BCUT2D eigenvalue weighted by Gasteiger charge is 2.33. The third-order valence-corrected chi connectivity index (χ3v) is 15.9. The topological polar surface area (TPSA) is 181 Å². The zero-order chi connectivity index (χ0) is 56.5. The average molecular weight is 1100 g/mol. The maximum atomic E-state index is 15.1. The quantitative estimate of drug-likeness (QED) is 0.111. The van der Waals surface area contributed by atoms with Crippen LogP contribution in [0.15, 0.2) is 89.7 Å². The lowest BCUT2D eigenvalue weighted by molar-refractivity contribution is -0.134. The predicted molar refractivity (Wildman–Crippen MR) is 301 cm³/mol. The van der Waals surface area contributed by atoms with E-state index in [0.29, 0.717) is 117 Å². The predicted octanol–water partition coefficient (Wildman–Crippen LogP) is 6.66. The molecule has 4 fully saturated rings. The molecule has 9 rings (SSSR count). The molecule has 4 aliphatic heterocycles. The first-order valence-electron chi connectivity index (χ1n) is 28.2. The fraction of sp³-hybridized carbons (Fsp3) is 0.492. The molecule has 5 heterocycles. The Morgan fingerprint density at radius 2 is 1.45 bits per heavy atom. The monoisotopic (exact) mass is 1100 g/mol. The van der Waals surface area contributed by atoms with Gasteiger partial charge in [0.1, 0.15) is 29.5 Å². The van der Waals surface area contributed by atoms with Gasteiger partial charge in [0, 0.05) is 107 Å². The summed E-state index contributed by atoms with van der Waals surface area (Å²) in [6, 6.07) is 24.9. The fourth-order valence-corrected chi connectivity index (χ4v) is 11.4. The number of halogens is 1. The third kappa shape index (κ3) is 14.3. The first-order valence-corrected chi connectivity index (χ1v) is 28.2. The van der Waals surface area contributed by atoms with Crippen LogP contribution in [0.3, 0.4) is 0 Å². The van der Waals surface area contributed by atoms with E-state index in [-0.39, 0.29) is 47.9 Å². The van der Waals surface area contributed by atoms with Crippen LogP contribution in [0.2, 0.25) is 0 Å². The number of likely N-dealkylation sites (tertiary alicyclic amines) is 2. The van der Waals surface area contributed by atoms with Crippen LogP contribution >= 0.6 is 0 Å². The lowest BCUT2D eigenvalue weighted by atomic mass is 9.89. The SMILES string of the molecule is CCOc1cc(OC)ccc1CN(CC(=O)N1CCC[C@H](c2cccc(C(=O)N3CCN(CC4CCN(CC(=O)N5CCN(C(=O)c6cc(Cc7n[nH]c(=O)c8ccccc78)ccc6F)CC5)CC4)CC3)c2)C1)C(=O)OC(C)(C)C. The Kier molecular flexibility index (Phi) is 18.5. The number of carbonyl (C=O) groups excluding carboxylic acids is 5. The molecular formula is C61H76FN9O9. The van der Waals surface area contributed by atoms with Crippen LogP contribution in [-0.4, -0.2) is 192 Å². The van der Waals surface area contributed by atoms with E-state index in [9.17, 15) is 28.8 Å². The smallest absolute Gasteiger partial charge is 0.411 e. The van der Waals surface area contributed by atoms with E-state index in [1.165, 1.54) is 11.0 Å². The number of aromatic amines is 1. The lowest BCUT2D eigenvalue weighted by Crippen LogP contribution is -2.53. The molecule has 0 saturated carbocycles. The summed E-state index contributed by atoms with van der Waals surface area (Å²) < 4.78 is 32.2. The number of methoxy groups -OCH3 is 1. The molecule has 0 radical (unpaired) electrons. The molecule has 4 aliphatic rings. The number of benzene rings is 4. The zero-order valence-corrected chi connectivity index (χ0v) is 46.9. The molecule has 1 aromatic heterocycles. The van der Waals surface area contributed by atoms with Crippen molar-refractivity contribution in [1.29, 1.82) is 0 Å². The summed E-state index contributed by atoms with van der Waals surface area (Å²) in [5.74, 6) is 0.547. The molecule has 5 aromatic rings. The van der Waals surface area contributed by atoms with Gasteiger partial charge in [-0.05, 0) is 126 Å². The summed E-state index contributed by atoms with van der Waals surface area (Å²) in [6.07, 6.45) is 3.33. The summed E-state index contributed by atoms with van der Waals surface area (Å²) in [5, 5.41) is 7.98. The van der Waals surface area contributed by atoms with Gasteiger partial charge in [0.05, 0.1) is 43.4 Å². The fourth-order valence-electron chi connectivity index (χ4n) is 11.4. The van der Waals surface area contributed by atoms with Gasteiger partial charge < -0.3 is 33.8 Å². The van der Waals surface area contributed by atoms with Gasteiger partial charge in [-0.15, -0.1) is 0 Å². The zero-order valence-electron chi connectivity index (χ0n) is 46.9. The number of amides is 5. The maximum absolute atomic E-state index is 15.1. The highest BCUT2D eigenvalue weighted by atomic mass is 19.1. The average Bonchev–Trinajstić information content (AvgIpc) is 3.46. The van der Waals surface area contributed by atoms with Crippen molar-refractivity contribution in [3.63, 3.8) is 0 Å². The first-order chi connectivity index (χ1) is 38.5. The standard InChI is InChI=1S/C61H76FN9O9/c1-6-79-54-36-48(78-5)18-17-47(54)39-71(60(77)80-61(2,3)4)41-56(73)70-22-10-13-46(38-70)44-11-9-12-45(35-44)58(75)68-27-25-66(26-28-68)37-42-20-23-65(24-21-42)40-55(72)67-29-31-69(32-30-67)59(76)51-33-43(16-19-52(51)62)34-53-49-14-7-8-15-50(49)57(74)64-63-53/h7-9,11-12,14-19,33,35-36,42,46H,6,10,13,20-32,34,37-41H2,1-5H3,(H,64,74)/t46-/m0/s1. The number of piperidine rings is 2. The Morgan fingerprint density at radius 1 is 0.738 bits per heavy atom. The molecule has 1 atom stereocenters. The number of fused-ring (bicyclic) bond motifs is 1. The van der Waals surface area contributed by atoms with Crippen LogP contribution in [0.25, 0.3) is 10.8 Å². The first kappa shape index (κ1) is 57.3. The molecule has 80 heavy (non-hydrogen) atoms. The van der Waals surface area contributed by atoms with Gasteiger partial charge in [-0.3, -0.25) is 38.7 Å². The van der Waals surface area contributed by atoms with E-state index in [0.717, 1.165) is 69.5 Å². The number of hydrogen-bond donors (Lipinski definition) is 1. The number of piperazine rings is 2. The molecule has 0 spiro atoms. The summed E-state index contributed by atoms with van der Waals surface area (Å²) in [7, 11) is 1.58. The minimum Gasteiger partial charge on any atom is -0.497 e. The van der Waals surface area contributed by atoms with E-state index in [2.05, 4.69) is 20.0 Å². The number of nitrogens with one attached hydrogen (secondary N) is 1. The summed E-state index contributed by atoms with van der Waals surface area (Å²) in [6.45, 7) is 15.8.